The monoisotopic (exact) mass is 412 g/mol. The lowest BCUT2D eigenvalue weighted by Gasteiger charge is -2.12. The molecule has 2 N–H and O–H groups in total. The number of hydrogen-bond donors (Lipinski definition) is 1. The lowest BCUT2D eigenvalue weighted by molar-refractivity contribution is -0.108. The number of rotatable bonds is 7. The highest BCUT2D eigenvalue weighted by atomic mass is 35.5. The largest absolute Gasteiger partial charge is 0.394 e. The summed E-state index contributed by atoms with van der Waals surface area (Å²) in [6, 6.07) is 3.10. The topological polar surface area (TPSA) is 94.4 Å². The summed E-state index contributed by atoms with van der Waals surface area (Å²) in [6.07, 6.45) is -0.271. The number of alkyl halides is 2. The first-order chi connectivity index (χ1) is 13.3. The maximum Gasteiger partial charge on any atom is 0.280 e. The first-order valence-electron chi connectivity index (χ1n) is 8.35. The highest BCUT2D eigenvalue weighted by molar-refractivity contribution is 6.31. The molecule has 0 saturated heterocycles. The Bertz CT molecular complexity index is 954. The highest BCUT2D eigenvalue weighted by Crippen LogP contribution is 2.54. The van der Waals surface area contributed by atoms with Crippen molar-refractivity contribution in [3.05, 3.63) is 52.4 Å². The second kappa shape index (κ2) is 7.75. The molecule has 0 spiro atoms. The zero-order chi connectivity index (χ0) is 20.5. The Morgan fingerprint density at radius 2 is 2.14 bits per heavy atom. The van der Waals surface area contributed by atoms with E-state index in [4.69, 9.17) is 21.9 Å². The summed E-state index contributed by atoms with van der Waals surface area (Å²) in [7, 11) is 0. The third-order valence-corrected chi connectivity index (χ3v) is 4.69. The molecule has 0 bridgehead atoms. The van der Waals surface area contributed by atoms with E-state index in [1.54, 1.807) is 6.07 Å². The van der Waals surface area contributed by atoms with E-state index in [1.807, 2.05) is 0 Å². The SMILES string of the molecule is CC(C=O)N=C(/C=C(\N)c1nc(C2(c3ccc(F)cc3Cl)CC2)no1)C(F)F. The van der Waals surface area contributed by atoms with E-state index in [-0.39, 0.29) is 22.4 Å². The molecule has 28 heavy (non-hydrogen) atoms. The minimum atomic E-state index is -2.93. The van der Waals surface area contributed by atoms with E-state index in [0.29, 0.717) is 24.7 Å². The Morgan fingerprint density at radius 3 is 2.71 bits per heavy atom. The number of carbonyl (C=O) groups excluding carboxylic acids is 1. The maximum absolute atomic E-state index is 13.3. The first-order valence-corrected chi connectivity index (χ1v) is 8.73. The number of halogens is 4. The summed E-state index contributed by atoms with van der Waals surface area (Å²) < 4.78 is 44.7. The number of carbonyl (C=O) groups is 1. The van der Waals surface area contributed by atoms with Crippen molar-refractivity contribution in [3.8, 4) is 0 Å². The van der Waals surface area contributed by atoms with E-state index in [0.717, 1.165) is 6.08 Å². The van der Waals surface area contributed by atoms with Gasteiger partial charge in [-0.1, -0.05) is 22.8 Å². The molecule has 1 heterocycles. The molecule has 1 aromatic carbocycles. The Balaban J connectivity index is 1.91. The summed E-state index contributed by atoms with van der Waals surface area (Å²) in [6.45, 7) is 1.37. The van der Waals surface area contributed by atoms with Crippen LogP contribution in [0.5, 0.6) is 0 Å². The molecule has 6 nitrogen and oxygen atoms in total. The van der Waals surface area contributed by atoms with Crippen LogP contribution < -0.4 is 5.73 Å². The lowest BCUT2D eigenvalue weighted by Crippen LogP contribution is -2.15. The molecule has 1 atom stereocenters. The van der Waals surface area contributed by atoms with Gasteiger partial charge in [0.25, 0.3) is 12.3 Å². The predicted molar refractivity (Wildman–Crippen MR) is 96.9 cm³/mol. The van der Waals surface area contributed by atoms with E-state index >= 15 is 0 Å². The standard InChI is InChI=1S/C18H16ClF3N4O2/c1-9(8-27)24-14(15(21)22)7-13(23)16-25-17(26-28-16)18(4-5-18)11-3-2-10(20)6-12(11)19/h2-3,6-9,15H,4-5,23H2,1H3/b13-7-,24-14?. The summed E-state index contributed by atoms with van der Waals surface area (Å²) in [5, 5.41) is 4.14. The van der Waals surface area contributed by atoms with Crippen molar-refractivity contribution in [2.24, 2.45) is 10.7 Å². The van der Waals surface area contributed by atoms with Crippen LogP contribution in [0.4, 0.5) is 13.2 Å². The van der Waals surface area contributed by atoms with Crippen molar-refractivity contribution >= 4 is 29.3 Å². The van der Waals surface area contributed by atoms with Gasteiger partial charge in [0, 0.05) is 5.02 Å². The fraction of sp³-hybridized carbons (Fsp3) is 0.333. The van der Waals surface area contributed by atoms with Crippen molar-refractivity contribution in [3.63, 3.8) is 0 Å². The second-order valence-electron chi connectivity index (χ2n) is 6.46. The molecule has 1 aliphatic rings. The van der Waals surface area contributed by atoms with E-state index in [2.05, 4.69) is 15.1 Å². The lowest BCUT2D eigenvalue weighted by atomic mass is 9.95. The third-order valence-electron chi connectivity index (χ3n) is 4.37. The zero-order valence-electron chi connectivity index (χ0n) is 14.7. The van der Waals surface area contributed by atoms with Crippen molar-refractivity contribution in [1.82, 2.24) is 10.1 Å². The van der Waals surface area contributed by atoms with Crippen molar-refractivity contribution in [1.29, 1.82) is 0 Å². The number of aliphatic imine (C=N–C) groups is 1. The van der Waals surface area contributed by atoms with Gasteiger partial charge in [0.2, 0.25) is 0 Å². The number of benzene rings is 1. The van der Waals surface area contributed by atoms with Crippen LogP contribution in [0.1, 0.15) is 37.0 Å². The molecule has 1 aromatic heterocycles. The van der Waals surface area contributed by atoms with Crippen LogP contribution >= 0.6 is 11.6 Å². The van der Waals surface area contributed by atoms with Crippen LogP contribution in [0.25, 0.3) is 5.70 Å². The van der Waals surface area contributed by atoms with Crippen LogP contribution in [-0.2, 0) is 10.2 Å². The molecule has 1 unspecified atom stereocenters. The quantitative estimate of drug-likeness (QED) is 0.554. The highest BCUT2D eigenvalue weighted by Gasteiger charge is 2.51. The maximum atomic E-state index is 13.3. The summed E-state index contributed by atoms with van der Waals surface area (Å²) in [4.78, 5) is 18.4. The summed E-state index contributed by atoms with van der Waals surface area (Å²) in [5.41, 5.74) is 4.95. The fourth-order valence-corrected chi connectivity index (χ4v) is 3.14. The molecule has 0 aliphatic heterocycles. The van der Waals surface area contributed by atoms with Gasteiger partial charge in [-0.3, -0.25) is 4.99 Å². The van der Waals surface area contributed by atoms with Crippen LogP contribution in [0.3, 0.4) is 0 Å². The van der Waals surface area contributed by atoms with Gasteiger partial charge in [0.05, 0.1) is 11.1 Å². The smallest absolute Gasteiger partial charge is 0.280 e. The van der Waals surface area contributed by atoms with Gasteiger partial charge in [0.1, 0.15) is 23.9 Å². The molecular formula is C18H16ClF3N4O2. The molecule has 2 aromatic rings. The van der Waals surface area contributed by atoms with Gasteiger partial charge in [-0.2, -0.15) is 4.98 Å². The van der Waals surface area contributed by atoms with Gasteiger partial charge < -0.3 is 15.1 Å². The van der Waals surface area contributed by atoms with Gasteiger partial charge in [0.15, 0.2) is 5.82 Å². The Morgan fingerprint density at radius 1 is 1.43 bits per heavy atom. The molecule has 1 aliphatic carbocycles. The van der Waals surface area contributed by atoms with Gasteiger partial charge in [-0.15, -0.1) is 0 Å². The minimum absolute atomic E-state index is 0.161. The van der Waals surface area contributed by atoms with E-state index < -0.39 is 29.4 Å². The minimum Gasteiger partial charge on any atom is -0.394 e. The van der Waals surface area contributed by atoms with Crippen LogP contribution in [-0.4, -0.2) is 34.6 Å². The average Bonchev–Trinajstić information content (AvgIpc) is 3.28. The van der Waals surface area contributed by atoms with Crippen molar-refractivity contribution in [2.75, 3.05) is 0 Å². The zero-order valence-corrected chi connectivity index (χ0v) is 15.5. The van der Waals surface area contributed by atoms with Gasteiger partial charge in [-0.25, -0.2) is 13.2 Å². The number of allylic oxidation sites excluding steroid dienone is 1. The molecule has 0 amide bonds. The molecular weight excluding hydrogens is 397 g/mol. The molecule has 1 fully saturated rings. The Kier molecular flexibility index (Phi) is 5.55. The van der Waals surface area contributed by atoms with Gasteiger partial charge in [-0.05, 0) is 43.5 Å². The number of aldehydes is 1. The van der Waals surface area contributed by atoms with Crippen molar-refractivity contribution in [2.45, 2.75) is 37.6 Å². The molecule has 0 radical (unpaired) electrons. The van der Waals surface area contributed by atoms with Gasteiger partial charge >= 0.3 is 0 Å². The molecule has 148 valence electrons. The van der Waals surface area contributed by atoms with Crippen molar-refractivity contribution < 1.29 is 22.5 Å². The normalized spacial score (nSPS) is 17.6. The van der Waals surface area contributed by atoms with E-state index in [9.17, 15) is 18.0 Å². The number of nitrogens with two attached hydrogens (primary N) is 1. The molecule has 3 rings (SSSR count). The first kappa shape index (κ1) is 20.1. The Labute approximate surface area is 163 Å². The van der Waals surface area contributed by atoms with Crippen LogP contribution in [0, 0.1) is 5.82 Å². The second-order valence-corrected chi connectivity index (χ2v) is 6.87. The average molecular weight is 413 g/mol. The number of aromatic nitrogens is 2. The predicted octanol–water partition coefficient (Wildman–Crippen LogP) is 3.54. The molecule has 10 heteroatoms. The number of nitrogens with zero attached hydrogens (tertiary/aromatic N) is 3. The third kappa shape index (κ3) is 3.94. The molecule has 1 saturated carbocycles. The number of hydrogen-bond acceptors (Lipinski definition) is 6. The summed E-state index contributed by atoms with van der Waals surface area (Å²) >= 11 is 6.15. The Hall–Kier alpha value is -2.68. The fourth-order valence-electron chi connectivity index (χ4n) is 2.79. The summed E-state index contributed by atoms with van der Waals surface area (Å²) in [5.74, 6) is -0.343. The van der Waals surface area contributed by atoms with Crippen LogP contribution in [0.15, 0.2) is 33.8 Å². The van der Waals surface area contributed by atoms with Crippen LogP contribution in [0.2, 0.25) is 5.02 Å². The van der Waals surface area contributed by atoms with E-state index in [1.165, 1.54) is 19.1 Å².